The van der Waals surface area contributed by atoms with Crippen molar-refractivity contribution in [2.24, 2.45) is 5.73 Å². The molecule has 4 nitrogen and oxygen atoms in total. The van der Waals surface area contributed by atoms with Crippen LogP contribution in [0.5, 0.6) is 5.75 Å². The van der Waals surface area contributed by atoms with Gasteiger partial charge >= 0.3 is 5.97 Å². The van der Waals surface area contributed by atoms with Gasteiger partial charge in [-0.3, -0.25) is 0 Å². The summed E-state index contributed by atoms with van der Waals surface area (Å²) in [4.78, 5) is 11.7. The molecule has 0 aliphatic carbocycles. The highest BCUT2D eigenvalue weighted by atomic mass is 35.5. The van der Waals surface area contributed by atoms with Crippen LogP contribution in [0.1, 0.15) is 25.8 Å². The Kier molecular flexibility index (Phi) is 6.67. The third-order valence-electron chi connectivity index (χ3n) is 2.64. The molecule has 0 fully saturated rings. The molecule has 1 unspecified atom stereocenters. The number of hydrogen-bond donors (Lipinski definition) is 1. The summed E-state index contributed by atoms with van der Waals surface area (Å²) in [5.74, 6) is 0.151. The van der Waals surface area contributed by atoms with Crippen molar-refractivity contribution in [2.75, 3.05) is 13.2 Å². The number of halogens is 1. The summed E-state index contributed by atoms with van der Waals surface area (Å²) in [5.41, 5.74) is 6.46. The number of hydrogen-bond acceptors (Lipinski definition) is 4. The largest absolute Gasteiger partial charge is 0.477 e. The molecule has 1 rings (SSSR count). The van der Waals surface area contributed by atoms with Gasteiger partial charge in [-0.15, -0.1) is 0 Å². The number of esters is 1. The maximum atomic E-state index is 11.7. The highest BCUT2D eigenvalue weighted by Crippen LogP contribution is 2.30. The minimum Gasteiger partial charge on any atom is -0.477 e. The SMILES string of the molecule is CCOC(=O)C(CC)Oc1c(Cl)cccc1CCN. The Morgan fingerprint density at radius 3 is 2.74 bits per heavy atom. The first-order chi connectivity index (χ1) is 9.13. The summed E-state index contributed by atoms with van der Waals surface area (Å²) in [5, 5.41) is 0.480. The predicted octanol–water partition coefficient (Wildman–Crippen LogP) is 2.56. The molecule has 19 heavy (non-hydrogen) atoms. The van der Waals surface area contributed by atoms with Crippen LogP contribution in [0.2, 0.25) is 5.02 Å². The second-order valence-corrected chi connectivity index (χ2v) is 4.44. The number of benzene rings is 1. The monoisotopic (exact) mass is 285 g/mol. The number of carbonyl (C=O) groups is 1. The third kappa shape index (κ3) is 4.40. The van der Waals surface area contributed by atoms with Gasteiger partial charge in [0, 0.05) is 0 Å². The van der Waals surface area contributed by atoms with Gasteiger partial charge in [-0.2, -0.15) is 0 Å². The Bertz CT molecular complexity index is 423. The molecule has 0 spiro atoms. The lowest BCUT2D eigenvalue weighted by Crippen LogP contribution is -2.29. The molecular formula is C14H20ClNO3. The predicted molar refractivity (Wildman–Crippen MR) is 75.6 cm³/mol. The molecule has 0 aromatic heterocycles. The molecule has 1 atom stereocenters. The lowest BCUT2D eigenvalue weighted by atomic mass is 10.1. The van der Waals surface area contributed by atoms with Gasteiger partial charge in [-0.25, -0.2) is 4.79 Å². The molecule has 0 amide bonds. The first-order valence-electron chi connectivity index (χ1n) is 6.44. The summed E-state index contributed by atoms with van der Waals surface area (Å²) >= 11 is 6.13. The number of para-hydroxylation sites is 1. The highest BCUT2D eigenvalue weighted by molar-refractivity contribution is 6.32. The van der Waals surface area contributed by atoms with E-state index in [1.165, 1.54) is 0 Å². The Labute approximate surface area is 118 Å². The van der Waals surface area contributed by atoms with Gasteiger partial charge < -0.3 is 15.2 Å². The molecule has 0 aliphatic heterocycles. The van der Waals surface area contributed by atoms with Crippen molar-refractivity contribution in [1.82, 2.24) is 0 Å². The van der Waals surface area contributed by atoms with Crippen molar-refractivity contribution in [3.05, 3.63) is 28.8 Å². The minimum absolute atomic E-state index is 0.330. The van der Waals surface area contributed by atoms with Crippen LogP contribution in [0.15, 0.2) is 18.2 Å². The van der Waals surface area contributed by atoms with Gasteiger partial charge in [0.1, 0.15) is 5.75 Å². The first kappa shape index (κ1) is 15.8. The highest BCUT2D eigenvalue weighted by Gasteiger charge is 2.22. The molecule has 0 aliphatic rings. The number of carbonyl (C=O) groups excluding carboxylic acids is 1. The zero-order valence-corrected chi connectivity index (χ0v) is 12.1. The molecule has 0 heterocycles. The number of ether oxygens (including phenoxy) is 2. The van der Waals surface area contributed by atoms with Gasteiger partial charge in [0.25, 0.3) is 0 Å². The van der Waals surface area contributed by atoms with Crippen LogP contribution < -0.4 is 10.5 Å². The molecule has 0 bridgehead atoms. The van der Waals surface area contributed by atoms with E-state index in [1.54, 1.807) is 13.0 Å². The average molecular weight is 286 g/mol. The van der Waals surface area contributed by atoms with Crippen LogP contribution in [0.4, 0.5) is 0 Å². The Balaban J connectivity index is 2.92. The molecule has 1 aromatic carbocycles. The lowest BCUT2D eigenvalue weighted by Gasteiger charge is -2.19. The summed E-state index contributed by atoms with van der Waals surface area (Å²) in [6, 6.07) is 5.46. The number of nitrogens with two attached hydrogens (primary N) is 1. The zero-order chi connectivity index (χ0) is 14.3. The van der Waals surface area contributed by atoms with E-state index < -0.39 is 6.10 Å². The minimum atomic E-state index is -0.642. The standard InChI is InChI=1S/C14H20ClNO3/c1-3-12(14(17)18-4-2)19-13-10(8-9-16)6-5-7-11(13)15/h5-7,12H,3-4,8-9,16H2,1-2H3. The summed E-state index contributed by atoms with van der Waals surface area (Å²) in [6.45, 7) is 4.45. The van der Waals surface area contributed by atoms with Crippen molar-refractivity contribution in [3.63, 3.8) is 0 Å². The fourth-order valence-corrected chi connectivity index (χ4v) is 1.95. The summed E-state index contributed by atoms with van der Waals surface area (Å²) < 4.78 is 10.7. The van der Waals surface area contributed by atoms with Gasteiger partial charge in [-0.1, -0.05) is 30.7 Å². The molecule has 2 N–H and O–H groups in total. The van der Waals surface area contributed by atoms with Crippen LogP contribution >= 0.6 is 11.6 Å². The van der Waals surface area contributed by atoms with E-state index in [0.717, 1.165) is 5.56 Å². The zero-order valence-electron chi connectivity index (χ0n) is 11.3. The van der Waals surface area contributed by atoms with Gasteiger partial charge in [0.05, 0.1) is 11.6 Å². The fraction of sp³-hybridized carbons (Fsp3) is 0.500. The van der Waals surface area contributed by atoms with E-state index in [-0.39, 0.29) is 5.97 Å². The summed E-state index contributed by atoms with van der Waals surface area (Å²) in [7, 11) is 0. The van der Waals surface area contributed by atoms with Gasteiger partial charge in [-0.05, 0) is 37.9 Å². The molecule has 0 saturated carbocycles. The normalized spacial score (nSPS) is 12.0. The van der Waals surface area contributed by atoms with E-state index >= 15 is 0 Å². The van der Waals surface area contributed by atoms with Crippen molar-refractivity contribution in [2.45, 2.75) is 32.8 Å². The Morgan fingerprint density at radius 2 is 2.16 bits per heavy atom. The molecular weight excluding hydrogens is 266 g/mol. The maximum absolute atomic E-state index is 11.7. The van der Waals surface area contributed by atoms with E-state index in [9.17, 15) is 4.79 Å². The van der Waals surface area contributed by atoms with E-state index in [2.05, 4.69) is 0 Å². The lowest BCUT2D eigenvalue weighted by molar-refractivity contribution is -0.151. The molecule has 5 heteroatoms. The van der Waals surface area contributed by atoms with Crippen LogP contribution in [-0.2, 0) is 16.0 Å². The second kappa shape index (κ2) is 8.02. The number of rotatable bonds is 7. The second-order valence-electron chi connectivity index (χ2n) is 4.03. The third-order valence-corrected chi connectivity index (χ3v) is 2.94. The van der Waals surface area contributed by atoms with Crippen LogP contribution in [0, 0.1) is 0 Å². The van der Waals surface area contributed by atoms with Crippen molar-refractivity contribution in [1.29, 1.82) is 0 Å². The first-order valence-corrected chi connectivity index (χ1v) is 6.82. The Hall–Kier alpha value is -1.26. The summed E-state index contributed by atoms with van der Waals surface area (Å²) in [6.07, 6.45) is 0.526. The van der Waals surface area contributed by atoms with Crippen molar-refractivity contribution < 1.29 is 14.3 Å². The Morgan fingerprint density at radius 1 is 1.42 bits per heavy atom. The molecule has 0 radical (unpaired) electrons. The van der Waals surface area contributed by atoms with Gasteiger partial charge in [0.15, 0.2) is 6.10 Å². The molecule has 0 saturated heterocycles. The molecule has 106 valence electrons. The van der Waals surface area contributed by atoms with Crippen LogP contribution in [0.25, 0.3) is 0 Å². The average Bonchev–Trinajstić information content (AvgIpc) is 2.39. The van der Waals surface area contributed by atoms with Crippen LogP contribution in [-0.4, -0.2) is 25.2 Å². The van der Waals surface area contributed by atoms with Crippen molar-refractivity contribution >= 4 is 17.6 Å². The smallest absolute Gasteiger partial charge is 0.347 e. The maximum Gasteiger partial charge on any atom is 0.347 e. The van der Waals surface area contributed by atoms with Crippen molar-refractivity contribution in [3.8, 4) is 5.75 Å². The van der Waals surface area contributed by atoms with Gasteiger partial charge in [0.2, 0.25) is 0 Å². The molecule has 1 aromatic rings. The fourth-order valence-electron chi connectivity index (χ4n) is 1.71. The van der Waals surface area contributed by atoms with E-state index in [4.69, 9.17) is 26.8 Å². The quantitative estimate of drug-likeness (QED) is 0.782. The van der Waals surface area contributed by atoms with E-state index in [1.807, 2.05) is 19.1 Å². The topological polar surface area (TPSA) is 61.5 Å². The van der Waals surface area contributed by atoms with Crippen LogP contribution in [0.3, 0.4) is 0 Å². The van der Waals surface area contributed by atoms with E-state index in [0.29, 0.717) is 36.8 Å².